The maximum atomic E-state index is 12.5. The molecule has 0 saturated carbocycles. The van der Waals surface area contributed by atoms with Crippen molar-refractivity contribution in [2.45, 2.75) is 0 Å². The van der Waals surface area contributed by atoms with Gasteiger partial charge in [0.2, 0.25) is 0 Å². The van der Waals surface area contributed by atoms with Crippen LogP contribution >= 0.6 is 27.3 Å². The van der Waals surface area contributed by atoms with Gasteiger partial charge in [-0.2, -0.15) is 0 Å². The molecular weight excluding hydrogens is 390 g/mol. The van der Waals surface area contributed by atoms with E-state index in [0.717, 1.165) is 19.4 Å². The van der Waals surface area contributed by atoms with Crippen molar-refractivity contribution in [2.24, 2.45) is 0 Å². The van der Waals surface area contributed by atoms with E-state index in [1.165, 1.54) is 11.3 Å². The number of carbonyl (C=O) groups excluding carboxylic acids is 1. The van der Waals surface area contributed by atoms with Gasteiger partial charge in [-0.1, -0.05) is 41.5 Å². The van der Waals surface area contributed by atoms with Crippen molar-refractivity contribution in [3.05, 3.63) is 63.9 Å². The predicted octanol–water partition coefficient (Wildman–Crippen LogP) is 4.97. The number of halogens is 1. The standard InChI is InChI=1S/C17H10BrN3O2S/c18-14-9-8-13(24-14)16-20-21-17(23-16)19-15(22)12-7-3-5-10-4-1-2-6-11(10)12/h1-9H,(H,19,21,22). The maximum absolute atomic E-state index is 12.5. The average Bonchev–Trinajstić information content (AvgIpc) is 3.23. The molecule has 1 amide bonds. The summed E-state index contributed by atoms with van der Waals surface area (Å²) >= 11 is 4.87. The summed E-state index contributed by atoms with van der Waals surface area (Å²) in [6.45, 7) is 0. The lowest BCUT2D eigenvalue weighted by Crippen LogP contribution is -2.12. The number of carbonyl (C=O) groups is 1. The highest BCUT2D eigenvalue weighted by Crippen LogP contribution is 2.31. The zero-order chi connectivity index (χ0) is 16.5. The van der Waals surface area contributed by atoms with Crippen molar-refractivity contribution in [1.29, 1.82) is 0 Å². The summed E-state index contributed by atoms with van der Waals surface area (Å²) < 4.78 is 6.49. The number of hydrogen-bond donors (Lipinski definition) is 1. The lowest BCUT2D eigenvalue weighted by molar-refractivity contribution is 0.102. The van der Waals surface area contributed by atoms with Crippen LogP contribution in [0.1, 0.15) is 10.4 Å². The molecule has 0 aliphatic heterocycles. The molecule has 4 rings (SSSR count). The molecular formula is C17H10BrN3O2S. The quantitative estimate of drug-likeness (QED) is 0.528. The third kappa shape index (κ3) is 2.83. The number of nitrogens with one attached hydrogen (secondary N) is 1. The molecule has 0 radical (unpaired) electrons. The summed E-state index contributed by atoms with van der Waals surface area (Å²) in [5.41, 5.74) is 0.562. The van der Waals surface area contributed by atoms with Crippen LogP contribution < -0.4 is 5.32 Å². The minimum atomic E-state index is -0.283. The van der Waals surface area contributed by atoms with Gasteiger partial charge >= 0.3 is 6.01 Å². The van der Waals surface area contributed by atoms with Crippen molar-refractivity contribution in [3.8, 4) is 10.8 Å². The minimum Gasteiger partial charge on any atom is -0.402 e. The van der Waals surface area contributed by atoms with Gasteiger partial charge in [-0.3, -0.25) is 10.1 Å². The van der Waals surface area contributed by atoms with Gasteiger partial charge in [0, 0.05) is 5.56 Å². The van der Waals surface area contributed by atoms with Gasteiger partial charge < -0.3 is 4.42 Å². The van der Waals surface area contributed by atoms with Crippen LogP contribution in [0.3, 0.4) is 0 Å². The Hall–Kier alpha value is -2.51. The normalized spacial score (nSPS) is 10.9. The molecule has 2 heterocycles. The second-order valence-corrected chi connectivity index (χ2v) is 7.46. The predicted molar refractivity (Wildman–Crippen MR) is 97.2 cm³/mol. The molecule has 4 aromatic rings. The highest BCUT2D eigenvalue weighted by Gasteiger charge is 2.15. The Bertz CT molecular complexity index is 1040. The van der Waals surface area contributed by atoms with Crippen LogP contribution in [0, 0.1) is 0 Å². The van der Waals surface area contributed by atoms with E-state index in [1.807, 2.05) is 48.5 Å². The fourth-order valence-electron chi connectivity index (χ4n) is 2.39. The molecule has 1 N–H and O–H groups in total. The molecule has 7 heteroatoms. The maximum Gasteiger partial charge on any atom is 0.322 e. The highest BCUT2D eigenvalue weighted by molar-refractivity contribution is 9.11. The first kappa shape index (κ1) is 15.0. The van der Waals surface area contributed by atoms with Gasteiger partial charge in [0.1, 0.15) is 0 Å². The zero-order valence-electron chi connectivity index (χ0n) is 12.2. The van der Waals surface area contributed by atoms with Crippen LogP contribution in [0.2, 0.25) is 0 Å². The third-order valence-electron chi connectivity index (χ3n) is 3.46. The lowest BCUT2D eigenvalue weighted by Gasteiger charge is -2.05. The Morgan fingerprint density at radius 1 is 1.04 bits per heavy atom. The Balaban J connectivity index is 1.61. The number of nitrogens with zero attached hydrogens (tertiary/aromatic N) is 2. The molecule has 118 valence electrons. The van der Waals surface area contributed by atoms with Gasteiger partial charge in [-0.05, 0) is 44.9 Å². The van der Waals surface area contributed by atoms with E-state index < -0.39 is 0 Å². The molecule has 5 nitrogen and oxygen atoms in total. The van der Waals surface area contributed by atoms with Crippen molar-refractivity contribution in [1.82, 2.24) is 10.2 Å². The summed E-state index contributed by atoms with van der Waals surface area (Å²) in [5.74, 6) is 0.0910. The topological polar surface area (TPSA) is 68.0 Å². The highest BCUT2D eigenvalue weighted by atomic mass is 79.9. The second kappa shape index (κ2) is 6.18. The first-order valence-electron chi connectivity index (χ1n) is 7.09. The molecule has 0 bridgehead atoms. The van der Waals surface area contributed by atoms with Crippen LogP contribution in [0.5, 0.6) is 0 Å². The molecule has 2 aromatic heterocycles. The summed E-state index contributed by atoms with van der Waals surface area (Å²) in [6.07, 6.45) is 0. The summed E-state index contributed by atoms with van der Waals surface area (Å²) in [6, 6.07) is 17.1. The zero-order valence-corrected chi connectivity index (χ0v) is 14.6. The molecule has 0 fully saturated rings. The van der Waals surface area contributed by atoms with E-state index in [4.69, 9.17) is 4.42 Å². The van der Waals surface area contributed by atoms with E-state index >= 15 is 0 Å². The fraction of sp³-hybridized carbons (Fsp3) is 0. The van der Waals surface area contributed by atoms with Crippen LogP contribution in [0.4, 0.5) is 6.01 Å². The summed E-state index contributed by atoms with van der Waals surface area (Å²) in [7, 11) is 0. The molecule has 0 spiro atoms. The summed E-state index contributed by atoms with van der Waals surface area (Å²) in [5, 5.41) is 12.4. The van der Waals surface area contributed by atoms with Crippen LogP contribution in [0.15, 0.2) is 62.8 Å². The van der Waals surface area contributed by atoms with E-state index in [9.17, 15) is 4.79 Å². The Morgan fingerprint density at radius 2 is 1.88 bits per heavy atom. The first-order valence-corrected chi connectivity index (χ1v) is 8.70. The van der Waals surface area contributed by atoms with Gasteiger partial charge in [-0.25, -0.2) is 0 Å². The van der Waals surface area contributed by atoms with Gasteiger partial charge in [0.05, 0.1) is 8.66 Å². The Kier molecular flexibility index (Phi) is 3.87. The number of fused-ring (bicyclic) bond motifs is 1. The Labute approximate surface area is 149 Å². The Morgan fingerprint density at radius 3 is 2.71 bits per heavy atom. The number of aromatic nitrogens is 2. The van der Waals surface area contributed by atoms with E-state index in [2.05, 4.69) is 31.4 Å². The molecule has 0 aliphatic carbocycles. The molecule has 24 heavy (non-hydrogen) atoms. The van der Waals surface area contributed by atoms with Crippen molar-refractivity contribution < 1.29 is 9.21 Å². The largest absolute Gasteiger partial charge is 0.402 e. The van der Waals surface area contributed by atoms with Crippen LogP contribution in [0.25, 0.3) is 21.5 Å². The second-order valence-electron chi connectivity index (χ2n) is 5.00. The molecule has 2 aromatic carbocycles. The molecule has 0 saturated heterocycles. The monoisotopic (exact) mass is 399 g/mol. The van der Waals surface area contributed by atoms with Crippen molar-refractivity contribution in [3.63, 3.8) is 0 Å². The van der Waals surface area contributed by atoms with Crippen molar-refractivity contribution >= 4 is 50.0 Å². The molecule has 0 unspecified atom stereocenters. The number of amides is 1. The number of anilines is 1. The van der Waals surface area contributed by atoms with Crippen molar-refractivity contribution in [2.75, 3.05) is 5.32 Å². The summed E-state index contributed by atoms with van der Waals surface area (Å²) in [4.78, 5) is 13.4. The van der Waals surface area contributed by atoms with Gasteiger partial charge in [0.15, 0.2) is 0 Å². The minimum absolute atomic E-state index is 0.0763. The number of hydrogen-bond acceptors (Lipinski definition) is 5. The number of rotatable bonds is 3. The number of thiophene rings is 1. The van der Waals surface area contributed by atoms with Gasteiger partial charge in [-0.15, -0.1) is 16.4 Å². The molecule has 0 aliphatic rings. The number of benzene rings is 2. The SMILES string of the molecule is O=C(Nc1nnc(-c2ccc(Br)s2)o1)c1cccc2ccccc12. The van der Waals surface area contributed by atoms with E-state index in [0.29, 0.717) is 11.5 Å². The first-order chi connectivity index (χ1) is 11.7. The third-order valence-corrected chi connectivity index (χ3v) is 5.08. The van der Waals surface area contributed by atoms with E-state index in [-0.39, 0.29) is 11.9 Å². The lowest BCUT2D eigenvalue weighted by atomic mass is 10.0. The molecule has 0 atom stereocenters. The average molecular weight is 400 g/mol. The fourth-order valence-corrected chi connectivity index (χ4v) is 3.70. The van der Waals surface area contributed by atoms with Crippen LogP contribution in [-0.4, -0.2) is 16.1 Å². The van der Waals surface area contributed by atoms with Gasteiger partial charge in [0.25, 0.3) is 11.8 Å². The van der Waals surface area contributed by atoms with Crippen LogP contribution in [-0.2, 0) is 0 Å². The van der Waals surface area contributed by atoms with E-state index in [1.54, 1.807) is 6.07 Å². The smallest absolute Gasteiger partial charge is 0.322 e.